The van der Waals surface area contributed by atoms with Crippen LogP contribution in [0.1, 0.15) is 0 Å². The van der Waals surface area contributed by atoms with Gasteiger partial charge < -0.3 is 14.6 Å². The van der Waals surface area contributed by atoms with Crippen LogP contribution in [0.25, 0.3) is 0 Å². The Morgan fingerprint density at radius 1 is 1.00 bits per heavy atom. The zero-order chi connectivity index (χ0) is 12.8. The Morgan fingerprint density at radius 2 is 1.78 bits per heavy atom. The second kappa shape index (κ2) is 6.61. The number of halogens is 1. The van der Waals surface area contributed by atoms with Crippen molar-refractivity contribution in [3.63, 3.8) is 0 Å². The minimum atomic E-state index is 0.0122. The quantitative estimate of drug-likeness (QED) is 0.834. The molecule has 0 radical (unpaired) electrons. The van der Waals surface area contributed by atoms with Crippen LogP contribution in [-0.2, 0) is 0 Å². The van der Waals surface area contributed by atoms with Crippen LogP contribution in [0.4, 0.5) is 0 Å². The molecular weight excluding hydrogens is 343 g/mol. The number of rotatable bonds is 5. The van der Waals surface area contributed by atoms with Gasteiger partial charge in [-0.05, 0) is 52.9 Å². The highest BCUT2D eigenvalue weighted by Crippen LogP contribution is 2.28. The maximum absolute atomic E-state index is 8.72. The van der Waals surface area contributed by atoms with Gasteiger partial charge in [-0.2, -0.15) is 0 Å². The van der Waals surface area contributed by atoms with Crippen LogP contribution in [0, 0.1) is 3.57 Å². The van der Waals surface area contributed by atoms with Crippen molar-refractivity contribution < 1.29 is 14.6 Å². The molecule has 0 saturated heterocycles. The minimum Gasteiger partial charge on any atom is -0.490 e. The summed E-state index contributed by atoms with van der Waals surface area (Å²) >= 11 is 2.18. The molecule has 0 amide bonds. The van der Waals surface area contributed by atoms with Crippen LogP contribution in [0.2, 0.25) is 0 Å². The molecule has 0 aliphatic rings. The van der Waals surface area contributed by atoms with Gasteiger partial charge >= 0.3 is 0 Å². The fourth-order valence-corrected chi connectivity index (χ4v) is 2.08. The van der Waals surface area contributed by atoms with E-state index in [0.717, 1.165) is 20.8 Å². The Morgan fingerprint density at radius 3 is 2.44 bits per heavy atom. The van der Waals surface area contributed by atoms with E-state index in [1.54, 1.807) is 0 Å². The van der Waals surface area contributed by atoms with Crippen LogP contribution < -0.4 is 9.47 Å². The Kier molecular flexibility index (Phi) is 4.83. The van der Waals surface area contributed by atoms with Crippen LogP contribution in [-0.4, -0.2) is 18.3 Å². The van der Waals surface area contributed by atoms with Crippen LogP contribution in [0.15, 0.2) is 48.5 Å². The van der Waals surface area contributed by atoms with E-state index in [0.29, 0.717) is 6.61 Å². The van der Waals surface area contributed by atoms with Gasteiger partial charge in [-0.15, -0.1) is 0 Å². The number of benzene rings is 2. The lowest BCUT2D eigenvalue weighted by molar-refractivity contribution is 0.200. The first-order valence-electron chi connectivity index (χ1n) is 5.55. The summed E-state index contributed by atoms with van der Waals surface area (Å²) in [5.41, 5.74) is 0. The van der Waals surface area contributed by atoms with Gasteiger partial charge in [-0.25, -0.2) is 0 Å². The normalized spacial score (nSPS) is 10.1. The maximum atomic E-state index is 8.72. The molecule has 18 heavy (non-hydrogen) atoms. The molecule has 0 bridgehead atoms. The van der Waals surface area contributed by atoms with Gasteiger partial charge in [0, 0.05) is 0 Å². The summed E-state index contributed by atoms with van der Waals surface area (Å²) in [7, 11) is 0. The molecule has 2 aromatic rings. The number of aliphatic hydroxyl groups is 1. The van der Waals surface area contributed by atoms with Crippen molar-refractivity contribution in [2.24, 2.45) is 0 Å². The Hall–Kier alpha value is -1.27. The fraction of sp³-hybridized carbons (Fsp3) is 0.143. The third-order valence-electron chi connectivity index (χ3n) is 2.23. The second-order valence-corrected chi connectivity index (χ2v) is 4.74. The number of aliphatic hydroxyl groups excluding tert-OH is 1. The van der Waals surface area contributed by atoms with E-state index in [-0.39, 0.29) is 6.61 Å². The summed E-state index contributed by atoms with van der Waals surface area (Å²) in [6.45, 7) is 0.313. The van der Waals surface area contributed by atoms with Crippen LogP contribution in [0.3, 0.4) is 0 Å². The average Bonchev–Trinajstić information content (AvgIpc) is 2.39. The third kappa shape index (κ3) is 3.61. The lowest BCUT2D eigenvalue weighted by atomic mass is 10.3. The highest BCUT2D eigenvalue weighted by Gasteiger charge is 2.04. The molecule has 0 unspecified atom stereocenters. The van der Waals surface area contributed by atoms with E-state index in [2.05, 4.69) is 22.6 Å². The predicted octanol–water partition coefficient (Wildman–Crippen LogP) is 3.45. The molecular formula is C14H13IO3. The summed E-state index contributed by atoms with van der Waals surface area (Å²) in [4.78, 5) is 0. The summed E-state index contributed by atoms with van der Waals surface area (Å²) in [5, 5.41) is 8.72. The minimum absolute atomic E-state index is 0.0122. The topological polar surface area (TPSA) is 38.7 Å². The van der Waals surface area contributed by atoms with Gasteiger partial charge in [-0.1, -0.05) is 18.2 Å². The van der Waals surface area contributed by atoms with E-state index < -0.39 is 0 Å². The highest BCUT2D eigenvalue weighted by atomic mass is 127. The molecule has 2 aromatic carbocycles. The molecule has 0 atom stereocenters. The van der Waals surface area contributed by atoms with E-state index in [9.17, 15) is 0 Å². The zero-order valence-corrected chi connectivity index (χ0v) is 11.8. The molecule has 0 aliphatic heterocycles. The van der Waals surface area contributed by atoms with E-state index in [4.69, 9.17) is 14.6 Å². The van der Waals surface area contributed by atoms with Gasteiger partial charge in [-0.3, -0.25) is 0 Å². The molecule has 0 aromatic heterocycles. The second-order valence-electron chi connectivity index (χ2n) is 3.58. The zero-order valence-electron chi connectivity index (χ0n) is 9.67. The summed E-state index contributed by atoms with van der Waals surface area (Å²) in [6.07, 6.45) is 0. The van der Waals surface area contributed by atoms with Gasteiger partial charge in [0.05, 0.1) is 10.2 Å². The lowest BCUT2D eigenvalue weighted by Crippen LogP contribution is -2.02. The first-order valence-corrected chi connectivity index (χ1v) is 6.63. The molecule has 0 heterocycles. The monoisotopic (exact) mass is 356 g/mol. The molecule has 3 nitrogen and oxygen atoms in total. The number of hydrogen-bond donors (Lipinski definition) is 1. The molecule has 0 aliphatic carbocycles. The highest BCUT2D eigenvalue weighted by molar-refractivity contribution is 14.1. The molecule has 2 rings (SSSR count). The van der Waals surface area contributed by atoms with Gasteiger partial charge in [0.2, 0.25) is 0 Å². The van der Waals surface area contributed by atoms with Gasteiger partial charge in [0.1, 0.15) is 23.9 Å². The third-order valence-corrected chi connectivity index (χ3v) is 3.07. The number of ether oxygens (including phenoxy) is 2. The Labute approximate surface area is 120 Å². The van der Waals surface area contributed by atoms with Crippen molar-refractivity contribution in [1.29, 1.82) is 0 Å². The summed E-state index contributed by atoms with van der Waals surface area (Å²) in [5.74, 6) is 2.32. The molecule has 0 saturated carbocycles. The SMILES string of the molecule is OCCOc1ccc(Oc2ccccc2)cc1I. The van der Waals surface area contributed by atoms with E-state index in [1.807, 2.05) is 48.5 Å². The van der Waals surface area contributed by atoms with Crippen molar-refractivity contribution in [2.75, 3.05) is 13.2 Å². The molecule has 0 spiro atoms. The van der Waals surface area contributed by atoms with Crippen LogP contribution >= 0.6 is 22.6 Å². The smallest absolute Gasteiger partial charge is 0.133 e. The Bertz CT molecular complexity index is 500. The van der Waals surface area contributed by atoms with E-state index >= 15 is 0 Å². The van der Waals surface area contributed by atoms with Crippen LogP contribution in [0.5, 0.6) is 17.2 Å². The van der Waals surface area contributed by atoms with Gasteiger partial charge in [0.25, 0.3) is 0 Å². The number of para-hydroxylation sites is 1. The first kappa shape index (κ1) is 13.2. The van der Waals surface area contributed by atoms with Crippen molar-refractivity contribution in [1.82, 2.24) is 0 Å². The fourth-order valence-electron chi connectivity index (χ4n) is 1.44. The largest absolute Gasteiger partial charge is 0.490 e. The van der Waals surface area contributed by atoms with Crippen molar-refractivity contribution in [3.8, 4) is 17.2 Å². The van der Waals surface area contributed by atoms with Gasteiger partial charge in [0.15, 0.2) is 0 Å². The molecule has 4 heteroatoms. The van der Waals surface area contributed by atoms with Crippen molar-refractivity contribution in [3.05, 3.63) is 52.1 Å². The standard InChI is InChI=1S/C14H13IO3/c15-13-10-12(6-7-14(13)17-9-8-16)18-11-4-2-1-3-5-11/h1-7,10,16H,8-9H2. The van der Waals surface area contributed by atoms with Crippen molar-refractivity contribution in [2.45, 2.75) is 0 Å². The summed E-state index contributed by atoms with van der Waals surface area (Å²) < 4.78 is 12.0. The van der Waals surface area contributed by atoms with Crippen molar-refractivity contribution >= 4 is 22.6 Å². The molecule has 1 N–H and O–H groups in total. The van der Waals surface area contributed by atoms with E-state index in [1.165, 1.54) is 0 Å². The Balaban J connectivity index is 2.09. The first-order chi connectivity index (χ1) is 8.79. The maximum Gasteiger partial charge on any atom is 0.133 e. The lowest BCUT2D eigenvalue weighted by Gasteiger charge is -2.09. The molecule has 94 valence electrons. The average molecular weight is 356 g/mol. The molecule has 0 fully saturated rings. The number of hydrogen-bond acceptors (Lipinski definition) is 3. The summed E-state index contributed by atoms with van der Waals surface area (Å²) in [6, 6.07) is 15.2. The predicted molar refractivity (Wildman–Crippen MR) is 78.3 cm³/mol.